The minimum absolute atomic E-state index is 0.0853. The fourth-order valence-electron chi connectivity index (χ4n) is 2.97. The standard InChI is InChI=1S/C18H16N4O2/c23-18(16-5-2-10-24-16)22-15-4-1-3-14-13(15)11-20-17(21-14)12-6-8-19-9-7-12/h2,5-11,15H,1,3-4H2,(H,22,23). The van der Waals surface area contributed by atoms with Crippen LogP contribution in [0.1, 0.15) is 40.7 Å². The molecular weight excluding hydrogens is 304 g/mol. The Morgan fingerprint density at radius 3 is 2.92 bits per heavy atom. The molecule has 0 saturated heterocycles. The molecule has 0 saturated carbocycles. The normalized spacial score (nSPS) is 16.4. The van der Waals surface area contributed by atoms with Crippen LogP contribution in [0.5, 0.6) is 0 Å². The molecule has 3 aromatic rings. The van der Waals surface area contributed by atoms with E-state index in [2.05, 4.69) is 15.3 Å². The molecule has 1 N–H and O–H groups in total. The summed E-state index contributed by atoms with van der Waals surface area (Å²) in [6.45, 7) is 0. The molecule has 0 aliphatic heterocycles. The molecule has 0 aromatic carbocycles. The van der Waals surface area contributed by atoms with E-state index in [0.717, 1.165) is 36.1 Å². The first-order chi connectivity index (χ1) is 11.8. The fraction of sp³-hybridized carbons (Fsp3) is 0.222. The van der Waals surface area contributed by atoms with Crippen LogP contribution < -0.4 is 5.32 Å². The van der Waals surface area contributed by atoms with Gasteiger partial charge >= 0.3 is 0 Å². The monoisotopic (exact) mass is 320 g/mol. The first-order valence-corrected chi connectivity index (χ1v) is 7.92. The third kappa shape index (κ3) is 2.78. The average molecular weight is 320 g/mol. The molecular formula is C18H16N4O2. The van der Waals surface area contributed by atoms with Gasteiger partial charge in [-0.2, -0.15) is 0 Å². The molecule has 1 atom stereocenters. The lowest BCUT2D eigenvalue weighted by atomic mass is 9.92. The minimum atomic E-state index is -0.212. The zero-order valence-corrected chi connectivity index (χ0v) is 13.0. The van der Waals surface area contributed by atoms with Crippen LogP contribution in [0.25, 0.3) is 11.4 Å². The van der Waals surface area contributed by atoms with E-state index >= 15 is 0 Å². The Labute approximate surface area is 139 Å². The van der Waals surface area contributed by atoms with Crippen molar-refractivity contribution in [3.05, 3.63) is 66.1 Å². The summed E-state index contributed by atoms with van der Waals surface area (Å²) in [6.07, 6.45) is 9.51. The van der Waals surface area contributed by atoms with Gasteiger partial charge in [-0.1, -0.05) is 0 Å². The number of aromatic nitrogens is 3. The molecule has 0 bridgehead atoms. The number of carbonyl (C=O) groups is 1. The Balaban J connectivity index is 1.60. The molecule has 1 aliphatic rings. The number of pyridine rings is 1. The fourth-order valence-corrected chi connectivity index (χ4v) is 2.97. The molecule has 1 aliphatic carbocycles. The van der Waals surface area contributed by atoms with E-state index in [1.165, 1.54) is 6.26 Å². The summed E-state index contributed by atoms with van der Waals surface area (Å²) in [6, 6.07) is 7.05. The molecule has 24 heavy (non-hydrogen) atoms. The smallest absolute Gasteiger partial charge is 0.287 e. The van der Waals surface area contributed by atoms with Crippen molar-refractivity contribution < 1.29 is 9.21 Å². The molecule has 3 aromatic heterocycles. The summed E-state index contributed by atoms with van der Waals surface area (Å²) in [5.41, 5.74) is 2.92. The van der Waals surface area contributed by atoms with Crippen LogP contribution in [0.2, 0.25) is 0 Å². The lowest BCUT2D eigenvalue weighted by Crippen LogP contribution is -2.31. The number of fused-ring (bicyclic) bond motifs is 1. The van der Waals surface area contributed by atoms with E-state index in [4.69, 9.17) is 9.40 Å². The van der Waals surface area contributed by atoms with Crippen molar-refractivity contribution in [2.24, 2.45) is 0 Å². The van der Waals surface area contributed by atoms with Gasteiger partial charge in [0, 0.05) is 35.4 Å². The van der Waals surface area contributed by atoms with Crippen molar-refractivity contribution in [3.63, 3.8) is 0 Å². The van der Waals surface area contributed by atoms with Crippen molar-refractivity contribution in [2.75, 3.05) is 0 Å². The predicted molar refractivity (Wildman–Crippen MR) is 87.1 cm³/mol. The van der Waals surface area contributed by atoms with E-state index in [-0.39, 0.29) is 11.9 Å². The maximum Gasteiger partial charge on any atom is 0.287 e. The van der Waals surface area contributed by atoms with E-state index < -0.39 is 0 Å². The zero-order valence-electron chi connectivity index (χ0n) is 13.0. The first-order valence-electron chi connectivity index (χ1n) is 7.92. The quantitative estimate of drug-likeness (QED) is 0.802. The van der Waals surface area contributed by atoms with E-state index in [9.17, 15) is 4.79 Å². The third-order valence-corrected chi connectivity index (χ3v) is 4.17. The van der Waals surface area contributed by atoms with Gasteiger partial charge in [-0.3, -0.25) is 9.78 Å². The highest BCUT2D eigenvalue weighted by molar-refractivity contribution is 5.91. The van der Waals surface area contributed by atoms with Gasteiger partial charge in [-0.15, -0.1) is 0 Å². The van der Waals surface area contributed by atoms with Crippen molar-refractivity contribution in [1.82, 2.24) is 20.3 Å². The lowest BCUT2D eigenvalue weighted by molar-refractivity contribution is 0.0904. The van der Waals surface area contributed by atoms with Gasteiger partial charge in [0.15, 0.2) is 11.6 Å². The highest BCUT2D eigenvalue weighted by atomic mass is 16.3. The summed E-state index contributed by atoms with van der Waals surface area (Å²) in [7, 11) is 0. The molecule has 0 radical (unpaired) electrons. The highest BCUT2D eigenvalue weighted by Crippen LogP contribution is 2.29. The number of amides is 1. The Morgan fingerprint density at radius 1 is 1.25 bits per heavy atom. The summed E-state index contributed by atoms with van der Waals surface area (Å²) in [5, 5.41) is 3.01. The summed E-state index contributed by atoms with van der Waals surface area (Å²) >= 11 is 0. The van der Waals surface area contributed by atoms with Crippen LogP contribution in [0, 0.1) is 0 Å². The van der Waals surface area contributed by atoms with Crippen LogP contribution in [0.15, 0.2) is 53.5 Å². The molecule has 120 valence electrons. The van der Waals surface area contributed by atoms with Gasteiger partial charge in [0.25, 0.3) is 5.91 Å². The second kappa shape index (κ2) is 6.23. The number of nitrogens with one attached hydrogen (secondary N) is 1. The summed E-state index contributed by atoms with van der Waals surface area (Å²) in [5.74, 6) is 0.793. The largest absolute Gasteiger partial charge is 0.459 e. The van der Waals surface area contributed by atoms with Gasteiger partial charge in [0.2, 0.25) is 0 Å². The third-order valence-electron chi connectivity index (χ3n) is 4.17. The SMILES string of the molecule is O=C(NC1CCCc2nc(-c3ccncc3)ncc21)c1ccco1. The van der Waals surface area contributed by atoms with Crippen LogP contribution >= 0.6 is 0 Å². The Bertz CT molecular complexity index is 847. The van der Waals surface area contributed by atoms with Crippen molar-refractivity contribution >= 4 is 5.91 Å². The second-order valence-electron chi connectivity index (χ2n) is 5.73. The minimum Gasteiger partial charge on any atom is -0.459 e. The number of nitrogens with zero attached hydrogens (tertiary/aromatic N) is 3. The molecule has 0 spiro atoms. The number of aryl methyl sites for hydroxylation is 1. The molecule has 1 amide bonds. The Kier molecular flexibility index (Phi) is 3.78. The van der Waals surface area contributed by atoms with Gasteiger partial charge in [0.05, 0.1) is 12.3 Å². The number of rotatable bonds is 3. The molecule has 4 rings (SSSR count). The molecule has 6 nitrogen and oxygen atoms in total. The number of hydrogen-bond donors (Lipinski definition) is 1. The number of carbonyl (C=O) groups excluding carboxylic acids is 1. The maximum atomic E-state index is 12.2. The maximum absolute atomic E-state index is 12.2. The lowest BCUT2D eigenvalue weighted by Gasteiger charge is -2.25. The van der Waals surface area contributed by atoms with Crippen molar-refractivity contribution in [1.29, 1.82) is 0 Å². The molecule has 1 unspecified atom stereocenters. The molecule has 3 heterocycles. The Hall–Kier alpha value is -3.02. The van der Waals surface area contributed by atoms with Crippen molar-refractivity contribution in [2.45, 2.75) is 25.3 Å². The predicted octanol–water partition coefficient (Wildman–Crippen LogP) is 2.94. The zero-order chi connectivity index (χ0) is 16.4. The van der Waals surface area contributed by atoms with Crippen LogP contribution in [0.4, 0.5) is 0 Å². The average Bonchev–Trinajstić information content (AvgIpc) is 3.17. The van der Waals surface area contributed by atoms with Crippen molar-refractivity contribution in [3.8, 4) is 11.4 Å². The highest BCUT2D eigenvalue weighted by Gasteiger charge is 2.25. The topological polar surface area (TPSA) is 80.9 Å². The first kappa shape index (κ1) is 14.6. The van der Waals surface area contributed by atoms with Gasteiger partial charge in [-0.25, -0.2) is 9.97 Å². The summed E-state index contributed by atoms with van der Waals surface area (Å²) in [4.78, 5) is 25.4. The van der Waals surface area contributed by atoms with E-state index in [0.29, 0.717) is 11.6 Å². The van der Waals surface area contributed by atoms with Gasteiger partial charge in [0.1, 0.15) is 0 Å². The Morgan fingerprint density at radius 2 is 2.12 bits per heavy atom. The summed E-state index contributed by atoms with van der Waals surface area (Å²) < 4.78 is 5.15. The van der Waals surface area contributed by atoms with E-state index in [1.54, 1.807) is 24.5 Å². The number of hydrogen-bond acceptors (Lipinski definition) is 5. The molecule has 0 fully saturated rings. The number of furan rings is 1. The second-order valence-corrected chi connectivity index (χ2v) is 5.73. The van der Waals surface area contributed by atoms with Crippen LogP contribution in [-0.2, 0) is 6.42 Å². The van der Waals surface area contributed by atoms with Gasteiger partial charge in [-0.05, 0) is 43.5 Å². The molecule has 6 heteroatoms. The van der Waals surface area contributed by atoms with Crippen LogP contribution in [0.3, 0.4) is 0 Å². The van der Waals surface area contributed by atoms with Gasteiger partial charge < -0.3 is 9.73 Å². The van der Waals surface area contributed by atoms with E-state index in [1.807, 2.05) is 18.3 Å². The van der Waals surface area contributed by atoms with Crippen LogP contribution in [-0.4, -0.2) is 20.9 Å².